The number of hydrogen-bond donors (Lipinski definition) is 1. The molecule has 0 unspecified atom stereocenters. The van der Waals surface area contributed by atoms with Gasteiger partial charge in [-0.3, -0.25) is 4.79 Å². The fraction of sp³-hybridized carbons (Fsp3) is 0.200. The van der Waals surface area contributed by atoms with E-state index in [0.29, 0.717) is 22.9 Å². The predicted molar refractivity (Wildman–Crippen MR) is 98.1 cm³/mol. The smallest absolute Gasteiger partial charge is 0.310 e. The third-order valence-electron chi connectivity index (χ3n) is 4.16. The van der Waals surface area contributed by atoms with Crippen LogP contribution in [0.1, 0.15) is 16.7 Å². The lowest BCUT2D eigenvalue weighted by molar-refractivity contribution is 0.149. The van der Waals surface area contributed by atoms with Gasteiger partial charge < -0.3 is 9.88 Å². The zero-order valence-corrected chi connectivity index (χ0v) is 15.2. The van der Waals surface area contributed by atoms with Crippen molar-refractivity contribution >= 4 is 11.6 Å². The first kappa shape index (κ1) is 20.5. The van der Waals surface area contributed by atoms with Gasteiger partial charge in [0.1, 0.15) is 11.6 Å². The second-order valence-electron chi connectivity index (χ2n) is 6.49. The molecular weight excluding hydrogens is 393 g/mol. The summed E-state index contributed by atoms with van der Waals surface area (Å²) < 4.78 is 66.9. The molecule has 29 heavy (non-hydrogen) atoms. The predicted octanol–water partition coefficient (Wildman–Crippen LogP) is 4.57. The first-order valence-corrected chi connectivity index (χ1v) is 8.58. The van der Waals surface area contributed by atoms with Crippen LogP contribution in [0.5, 0.6) is 0 Å². The highest BCUT2D eigenvalue weighted by Crippen LogP contribution is 2.22. The van der Waals surface area contributed by atoms with Crippen LogP contribution in [0.15, 0.2) is 47.4 Å². The highest BCUT2D eigenvalue weighted by atomic mass is 19.3. The molecule has 1 N–H and O–H groups in total. The molecule has 2 aromatic carbocycles. The summed E-state index contributed by atoms with van der Waals surface area (Å²) in [5, 5.41) is 2.85. The molecule has 0 saturated carbocycles. The van der Waals surface area contributed by atoms with Gasteiger partial charge in [-0.1, -0.05) is 12.1 Å². The van der Waals surface area contributed by atoms with Crippen LogP contribution in [0, 0.1) is 24.4 Å². The number of hydrogen-bond acceptors (Lipinski definition) is 3. The number of nitrogens with one attached hydrogen (secondary N) is 1. The minimum absolute atomic E-state index is 0.0641. The number of aryl methyl sites for hydroxylation is 1. The molecule has 0 spiro atoms. The fourth-order valence-corrected chi connectivity index (χ4v) is 2.88. The number of halogens is 5. The van der Waals surface area contributed by atoms with Crippen LogP contribution in [0.25, 0.3) is 0 Å². The molecule has 0 fully saturated rings. The molecule has 3 rings (SSSR count). The lowest BCUT2D eigenvalue weighted by Crippen LogP contribution is -2.20. The molecule has 0 aliphatic carbocycles. The first-order valence-electron chi connectivity index (χ1n) is 8.58. The SMILES string of the molecule is Cc1cc(CC(F)F)ccc1Nc1nc(=O)c(F)cn1Cc1cc(F)cc(F)c1. The molecule has 4 nitrogen and oxygen atoms in total. The van der Waals surface area contributed by atoms with Crippen LogP contribution in [0.2, 0.25) is 0 Å². The molecule has 0 amide bonds. The van der Waals surface area contributed by atoms with Gasteiger partial charge in [0.2, 0.25) is 18.2 Å². The molecule has 0 aliphatic heterocycles. The number of nitrogens with zero attached hydrogens (tertiary/aromatic N) is 2. The van der Waals surface area contributed by atoms with Gasteiger partial charge in [-0.05, 0) is 41.8 Å². The summed E-state index contributed by atoms with van der Waals surface area (Å²) in [5.74, 6) is -2.79. The fourth-order valence-electron chi connectivity index (χ4n) is 2.88. The van der Waals surface area contributed by atoms with Crippen molar-refractivity contribution in [3.63, 3.8) is 0 Å². The Morgan fingerprint density at radius 3 is 2.34 bits per heavy atom. The van der Waals surface area contributed by atoms with Crippen molar-refractivity contribution in [1.82, 2.24) is 9.55 Å². The monoisotopic (exact) mass is 409 g/mol. The van der Waals surface area contributed by atoms with Gasteiger partial charge in [0.05, 0.1) is 6.54 Å². The van der Waals surface area contributed by atoms with Crippen LogP contribution in [0.4, 0.5) is 33.6 Å². The summed E-state index contributed by atoms with van der Waals surface area (Å²) in [4.78, 5) is 15.3. The molecule has 3 aromatic rings. The van der Waals surface area contributed by atoms with Crippen molar-refractivity contribution in [1.29, 1.82) is 0 Å². The van der Waals surface area contributed by atoms with E-state index in [9.17, 15) is 26.7 Å². The number of rotatable bonds is 6. The average molecular weight is 409 g/mol. The summed E-state index contributed by atoms with van der Waals surface area (Å²) in [7, 11) is 0. The Labute approximate surface area is 162 Å². The number of anilines is 2. The largest absolute Gasteiger partial charge is 0.325 e. The van der Waals surface area contributed by atoms with Gasteiger partial charge in [-0.2, -0.15) is 9.37 Å². The Morgan fingerprint density at radius 2 is 1.72 bits per heavy atom. The highest BCUT2D eigenvalue weighted by Gasteiger charge is 2.12. The van der Waals surface area contributed by atoms with E-state index in [0.717, 1.165) is 18.3 Å². The van der Waals surface area contributed by atoms with E-state index in [1.165, 1.54) is 16.7 Å². The molecule has 0 saturated heterocycles. The van der Waals surface area contributed by atoms with Crippen LogP contribution in [0.3, 0.4) is 0 Å². The van der Waals surface area contributed by atoms with Gasteiger partial charge in [0.15, 0.2) is 0 Å². The number of aromatic nitrogens is 2. The zero-order valence-electron chi connectivity index (χ0n) is 15.2. The van der Waals surface area contributed by atoms with E-state index in [1.54, 1.807) is 13.0 Å². The summed E-state index contributed by atoms with van der Waals surface area (Å²) in [5.41, 5.74) is 0.578. The topological polar surface area (TPSA) is 46.9 Å². The third-order valence-corrected chi connectivity index (χ3v) is 4.16. The van der Waals surface area contributed by atoms with Crippen molar-refractivity contribution in [2.45, 2.75) is 26.3 Å². The Bertz CT molecular complexity index is 1080. The Balaban J connectivity index is 1.95. The molecule has 0 radical (unpaired) electrons. The minimum Gasteiger partial charge on any atom is -0.325 e. The van der Waals surface area contributed by atoms with Gasteiger partial charge >= 0.3 is 5.56 Å². The Kier molecular flexibility index (Phi) is 5.95. The van der Waals surface area contributed by atoms with Gasteiger partial charge in [0.25, 0.3) is 0 Å². The summed E-state index contributed by atoms with van der Waals surface area (Å²) >= 11 is 0. The number of benzene rings is 2. The van der Waals surface area contributed by atoms with Crippen LogP contribution in [-0.4, -0.2) is 16.0 Å². The lowest BCUT2D eigenvalue weighted by Gasteiger charge is -2.16. The Hall–Kier alpha value is -3.23. The summed E-state index contributed by atoms with van der Waals surface area (Å²) in [6, 6.07) is 7.45. The molecule has 152 valence electrons. The maximum atomic E-state index is 13.8. The van der Waals surface area contributed by atoms with Gasteiger partial charge in [0, 0.05) is 24.4 Å². The van der Waals surface area contributed by atoms with Crippen LogP contribution >= 0.6 is 0 Å². The molecule has 9 heteroatoms. The van der Waals surface area contributed by atoms with Gasteiger partial charge in [-0.15, -0.1) is 0 Å². The van der Waals surface area contributed by atoms with Crippen molar-refractivity contribution in [3.05, 3.63) is 87.1 Å². The second-order valence-corrected chi connectivity index (χ2v) is 6.49. The van der Waals surface area contributed by atoms with Crippen molar-refractivity contribution < 1.29 is 22.0 Å². The normalized spacial score (nSPS) is 11.1. The van der Waals surface area contributed by atoms with Crippen molar-refractivity contribution in [3.8, 4) is 0 Å². The van der Waals surface area contributed by atoms with E-state index in [-0.39, 0.29) is 18.1 Å². The minimum atomic E-state index is -2.48. The molecule has 1 heterocycles. The maximum absolute atomic E-state index is 13.8. The second kappa shape index (κ2) is 8.42. The van der Waals surface area contributed by atoms with E-state index < -0.39 is 35.9 Å². The Morgan fingerprint density at radius 1 is 1.03 bits per heavy atom. The summed E-state index contributed by atoms with van der Waals surface area (Å²) in [6.45, 7) is 1.51. The van der Waals surface area contributed by atoms with Gasteiger partial charge in [-0.25, -0.2) is 17.6 Å². The lowest BCUT2D eigenvalue weighted by atomic mass is 10.1. The van der Waals surface area contributed by atoms with Crippen LogP contribution < -0.4 is 10.9 Å². The molecule has 0 atom stereocenters. The molecule has 1 aromatic heterocycles. The molecule has 0 aliphatic rings. The standard InChI is InChI=1S/C20H16F5N3O/c1-11-4-12(7-18(24)25)2-3-17(11)26-20-27-19(29)16(23)10-28(20)9-13-5-14(21)8-15(22)6-13/h2-6,8,10,18H,7,9H2,1H3,(H,26,27,29). The van der Waals surface area contributed by atoms with Crippen molar-refractivity contribution in [2.75, 3.05) is 5.32 Å². The molecule has 0 bridgehead atoms. The van der Waals surface area contributed by atoms with E-state index in [4.69, 9.17) is 0 Å². The maximum Gasteiger partial charge on any atom is 0.310 e. The third kappa shape index (κ3) is 5.18. The van der Waals surface area contributed by atoms with E-state index in [2.05, 4.69) is 10.3 Å². The van der Waals surface area contributed by atoms with E-state index in [1.807, 2.05) is 0 Å². The summed E-state index contributed by atoms with van der Waals surface area (Å²) in [6.07, 6.45) is -2.00. The number of alkyl halides is 2. The van der Waals surface area contributed by atoms with Crippen molar-refractivity contribution in [2.24, 2.45) is 0 Å². The quantitative estimate of drug-likeness (QED) is 0.607. The van der Waals surface area contributed by atoms with E-state index >= 15 is 0 Å². The molecular formula is C20H16F5N3O. The highest BCUT2D eigenvalue weighted by molar-refractivity contribution is 5.59. The zero-order chi connectivity index (χ0) is 21.1. The average Bonchev–Trinajstić information content (AvgIpc) is 2.60. The van der Waals surface area contributed by atoms with Crippen LogP contribution in [-0.2, 0) is 13.0 Å². The first-order chi connectivity index (χ1) is 13.7.